The number of halogens is 3. The number of hydrogen-bond acceptors (Lipinski definition) is 2. The zero-order valence-corrected chi connectivity index (χ0v) is 13.3. The highest BCUT2D eigenvalue weighted by molar-refractivity contribution is 14.1. The predicted octanol–water partition coefficient (Wildman–Crippen LogP) is 4.32. The number of anilines is 1. The number of aromatic nitrogens is 2. The lowest BCUT2D eigenvalue weighted by Gasteiger charge is -2.00. The quantitative estimate of drug-likeness (QED) is 0.445. The van der Waals surface area contributed by atoms with Gasteiger partial charge in [-0.05, 0) is 52.9 Å². The average Bonchev–Trinajstić information content (AvgIpc) is 2.72. The highest BCUT2D eigenvalue weighted by Gasteiger charge is 2.11. The Morgan fingerprint density at radius 1 is 1.26 bits per heavy atom. The van der Waals surface area contributed by atoms with Crippen LogP contribution in [0.4, 0.5) is 10.1 Å². The first kappa shape index (κ1) is 12.9. The molecule has 3 nitrogen and oxygen atoms in total. The van der Waals surface area contributed by atoms with Gasteiger partial charge in [0.15, 0.2) is 0 Å². The number of nitrogens with one attached hydrogen (secondary N) is 1. The van der Waals surface area contributed by atoms with Crippen molar-refractivity contribution in [3.63, 3.8) is 0 Å². The van der Waals surface area contributed by atoms with Crippen molar-refractivity contribution in [3.8, 4) is 11.4 Å². The maximum atomic E-state index is 13.1. The van der Waals surface area contributed by atoms with E-state index in [4.69, 9.17) is 5.73 Å². The number of aromatic amines is 1. The van der Waals surface area contributed by atoms with E-state index in [0.717, 1.165) is 24.6 Å². The molecule has 3 rings (SSSR count). The summed E-state index contributed by atoms with van der Waals surface area (Å²) in [6, 6.07) is 8.33. The zero-order valence-electron chi connectivity index (χ0n) is 9.55. The van der Waals surface area contributed by atoms with E-state index in [1.165, 1.54) is 12.1 Å². The molecule has 2 aromatic carbocycles. The number of H-pyrrole nitrogens is 1. The molecule has 0 radical (unpaired) electrons. The van der Waals surface area contributed by atoms with Crippen molar-refractivity contribution in [3.05, 3.63) is 44.2 Å². The highest BCUT2D eigenvalue weighted by Crippen LogP contribution is 2.29. The molecule has 0 atom stereocenters. The molecule has 96 valence electrons. The fraction of sp³-hybridized carbons (Fsp3) is 0. The van der Waals surface area contributed by atoms with Crippen LogP contribution in [0.2, 0.25) is 0 Å². The topological polar surface area (TPSA) is 54.7 Å². The fourth-order valence-corrected chi connectivity index (χ4v) is 3.13. The SMILES string of the molecule is Nc1cc(Br)cc2[nH]c(-c3ccc(F)cc3I)nc12. The monoisotopic (exact) mass is 431 g/mol. The molecule has 0 aliphatic carbocycles. The van der Waals surface area contributed by atoms with Crippen molar-refractivity contribution in [1.29, 1.82) is 0 Å². The fourth-order valence-electron chi connectivity index (χ4n) is 1.92. The summed E-state index contributed by atoms with van der Waals surface area (Å²) in [5.41, 5.74) is 8.96. The van der Waals surface area contributed by atoms with Gasteiger partial charge in [0.05, 0.1) is 11.2 Å². The molecular weight excluding hydrogens is 424 g/mol. The second-order valence-electron chi connectivity index (χ2n) is 4.10. The van der Waals surface area contributed by atoms with Crippen LogP contribution in [0.15, 0.2) is 34.8 Å². The smallest absolute Gasteiger partial charge is 0.139 e. The first-order valence-corrected chi connectivity index (χ1v) is 7.32. The number of imidazole rings is 1. The van der Waals surface area contributed by atoms with Gasteiger partial charge in [0.1, 0.15) is 17.2 Å². The largest absolute Gasteiger partial charge is 0.397 e. The van der Waals surface area contributed by atoms with Crippen molar-refractivity contribution < 1.29 is 4.39 Å². The molecule has 0 amide bonds. The Bertz CT molecular complexity index is 785. The number of fused-ring (bicyclic) bond motifs is 1. The Labute approximate surface area is 130 Å². The average molecular weight is 432 g/mol. The summed E-state index contributed by atoms with van der Waals surface area (Å²) in [5.74, 6) is 0.427. The summed E-state index contributed by atoms with van der Waals surface area (Å²) in [6.45, 7) is 0. The lowest BCUT2D eigenvalue weighted by molar-refractivity contribution is 0.627. The number of hydrogen-bond donors (Lipinski definition) is 2. The second kappa shape index (κ2) is 4.75. The standard InChI is InChI=1S/C13H8BrFIN3/c14-6-3-10(17)12-11(4-6)18-13(19-12)8-2-1-7(15)5-9(8)16/h1-5H,17H2,(H,18,19). The van der Waals surface area contributed by atoms with E-state index in [1.807, 2.05) is 12.1 Å². The van der Waals surface area contributed by atoms with Crippen molar-refractivity contribution in [1.82, 2.24) is 9.97 Å². The number of nitrogens with zero attached hydrogens (tertiary/aromatic N) is 1. The molecule has 0 spiro atoms. The molecule has 3 aromatic rings. The number of rotatable bonds is 1. The molecule has 0 fully saturated rings. The minimum Gasteiger partial charge on any atom is -0.397 e. The molecule has 0 aliphatic heterocycles. The summed E-state index contributed by atoms with van der Waals surface area (Å²) in [7, 11) is 0. The van der Waals surface area contributed by atoms with E-state index in [1.54, 1.807) is 6.07 Å². The molecule has 3 N–H and O–H groups in total. The zero-order chi connectivity index (χ0) is 13.6. The number of nitrogens with two attached hydrogens (primary N) is 1. The minimum atomic E-state index is -0.258. The van der Waals surface area contributed by atoms with Crippen LogP contribution in [-0.2, 0) is 0 Å². The van der Waals surface area contributed by atoms with Gasteiger partial charge in [-0.15, -0.1) is 0 Å². The van der Waals surface area contributed by atoms with Crippen LogP contribution in [0, 0.1) is 9.39 Å². The third kappa shape index (κ3) is 2.34. The molecule has 0 saturated carbocycles. The molecule has 1 aromatic heterocycles. The van der Waals surface area contributed by atoms with E-state index in [9.17, 15) is 4.39 Å². The van der Waals surface area contributed by atoms with Crippen LogP contribution >= 0.6 is 38.5 Å². The van der Waals surface area contributed by atoms with Gasteiger partial charge >= 0.3 is 0 Å². The van der Waals surface area contributed by atoms with Crippen LogP contribution in [0.1, 0.15) is 0 Å². The normalized spacial score (nSPS) is 11.1. The first-order chi connectivity index (χ1) is 9.04. The van der Waals surface area contributed by atoms with Gasteiger partial charge in [0.25, 0.3) is 0 Å². The Hall–Kier alpha value is -1.15. The van der Waals surface area contributed by atoms with Gasteiger partial charge < -0.3 is 10.7 Å². The molecule has 0 bridgehead atoms. The van der Waals surface area contributed by atoms with Crippen LogP contribution in [-0.4, -0.2) is 9.97 Å². The third-order valence-electron chi connectivity index (χ3n) is 2.77. The Morgan fingerprint density at radius 2 is 2.05 bits per heavy atom. The van der Waals surface area contributed by atoms with Crippen molar-refractivity contribution in [2.75, 3.05) is 5.73 Å². The van der Waals surface area contributed by atoms with Crippen LogP contribution in [0.25, 0.3) is 22.4 Å². The van der Waals surface area contributed by atoms with E-state index >= 15 is 0 Å². The maximum Gasteiger partial charge on any atom is 0.139 e. The third-order valence-corrected chi connectivity index (χ3v) is 4.12. The highest BCUT2D eigenvalue weighted by atomic mass is 127. The lowest BCUT2D eigenvalue weighted by atomic mass is 10.2. The summed E-state index contributed by atoms with van der Waals surface area (Å²) in [4.78, 5) is 7.69. The van der Waals surface area contributed by atoms with Crippen LogP contribution in [0.5, 0.6) is 0 Å². The molecule has 1 heterocycles. The van der Waals surface area contributed by atoms with Gasteiger partial charge in [0.2, 0.25) is 0 Å². The summed E-state index contributed by atoms with van der Waals surface area (Å²) in [6.07, 6.45) is 0. The van der Waals surface area contributed by atoms with Gasteiger partial charge in [-0.2, -0.15) is 0 Å². The number of nitrogen functional groups attached to an aromatic ring is 1. The van der Waals surface area contributed by atoms with Gasteiger partial charge in [0, 0.05) is 13.6 Å². The molecule has 0 unspecified atom stereocenters. The van der Waals surface area contributed by atoms with E-state index in [2.05, 4.69) is 48.5 Å². The van der Waals surface area contributed by atoms with Gasteiger partial charge in [-0.3, -0.25) is 0 Å². The summed E-state index contributed by atoms with van der Waals surface area (Å²) >= 11 is 5.48. The van der Waals surface area contributed by atoms with Gasteiger partial charge in [-0.25, -0.2) is 9.37 Å². The molecular formula is C13H8BrFIN3. The summed E-state index contributed by atoms with van der Waals surface area (Å²) < 4.78 is 14.8. The van der Waals surface area contributed by atoms with E-state index in [0.29, 0.717) is 11.5 Å². The van der Waals surface area contributed by atoms with Crippen LogP contribution in [0.3, 0.4) is 0 Å². The van der Waals surface area contributed by atoms with Gasteiger partial charge in [-0.1, -0.05) is 15.9 Å². The lowest BCUT2D eigenvalue weighted by Crippen LogP contribution is -1.87. The van der Waals surface area contributed by atoms with Crippen molar-refractivity contribution in [2.45, 2.75) is 0 Å². The molecule has 0 aliphatic rings. The second-order valence-corrected chi connectivity index (χ2v) is 6.18. The summed E-state index contributed by atoms with van der Waals surface area (Å²) in [5, 5.41) is 0. The van der Waals surface area contributed by atoms with Crippen molar-refractivity contribution in [2.24, 2.45) is 0 Å². The Morgan fingerprint density at radius 3 is 2.79 bits per heavy atom. The molecule has 19 heavy (non-hydrogen) atoms. The maximum absolute atomic E-state index is 13.1. The predicted molar refractivity (Wildman–Crippen MR) is 86.3 cm³/mol. The van der Waals surface area contributed by atoms with Crippen molar-refractivity contribution >= 4 is 55.2 Å². The number of benzene rings is 2. The molecule has 0 saturated heterocycles. The minimum absolute atomic E-state index is 0.258. The Balaban J connectivity index is 2.23. The van der Waals surface area contributed by atoms with E-state index < -0.39 is 0 Å². The Kier molecular flexibility index (Phi) is 3.22. The molecule has 6 heteroatoms. The van der Waals surface area contributed by atoms with Crippen LogP contribution < -0.4 is 5.73 Å². The first-order valence-electron chi connectivity index (χ1n) is 5.45. The van der Waals surface area contributed by atoms with E-state index in [-0.39, 0.29) is 5.82 Å².